The Morgan fingerprint density at radius 1 is 1.22 bits per heavy atom. The van der Waals surface area contributed by atoms with Crippen LogP contribution in [0.1, 0.15) is 31.4 Å². The molecule has 1 fully saturated rings. The lowest BCUT2D eigenvalue weighted by Gasteiger charge is -2.26. The van der Waals surface area contributed by atoms with E-state index < -0.39 is 0 Å². The van der Waals surface area contributed by atoms with Crippen LogP contribution >= 0.6 is 0 Å². The van der Waals surface area contributed by atoms with Crippen LogP contribution in [-0.4, -0.2) is 29.0 Å². The zero-order valence-corrected chi connectivity index (χ0v) is 15.5. The zero-order valence-electron chi connectivity index (χ0n) is 15.5. The van der Waals surface area contributed by atoms with Crippen molar-refractivity contribution in [1.29, 1.82) is 0 Å². The Morgan fingerprint density at radius 2 is 2.00 bits per heavy atom. The third kappa shape index (κ3) is 4.61. The summed E-state index contributed by atoms with van der Waals surface area (Å²) in [4.78, 5) is 43.1. The van der Waals surface area contributed by atoms with Crippen molar-refractivity contribution in [3.8, 4) is 11.4 Å². The third-order valence-corrected chi connectivity index (χ3v) is 4.85. The van der Waals surface area contributed by atoms with Gasteiger partial charge in [0.25, 0.3) is 5.56 Å². The number of aryl methyl sites for hydroxylation is 1. The Labute approximate surface area is 157 Å². The quantitative estimate of drug-likeness (QED) is 0.807. The van der Waals surface area contributed by atoms with Crippen molar-refractivity contribution < 1.29 is 14.3 Å². The van der Waals surface area contributed by atoms with Crippen molar-refractivity contribution in [2.75, 3.05) is 12.4 Å². The fourth-order valence-corrected chi connectivity index (χ4v) is 3.51. The van der Waals surface area contributed by atoms with Gasteiger partial charge < -0.3 is 15.0 Å². The normalized spacial score (nSPS) is 19.3. The summed E-state index contributed by atoms with van der Waals surface area (Å²) in [6.45, 7) is 1.76. The molecule has 2 aromatic rings. The van der Waals surface area contributed by atoms with Gasteiger partial charge in [0.1, 0.15) is 5.82 Å². The van der Waals surface area contributed by atoms with Gasteiger partial charge in [0.15, 0.2) is 0 Å². The van der Waals surface area contributed by atoms with Gasteiger partial charge in [-0.25, -0.2) is 4.98 Å². The lowest BCUT2D eigenvalue weighted by atomic mass is 9.81. The van der Waals surface area contributed by atoms with Crippen molar-refractivity contribution in [2.24, 2.45) is 11.8 Å². The van der Waals surface area contributed by atoms with Crippen LogP contribution in [0.25, 0.3) is 11.4 Å². The van der Waals surface area contributed by atoms with Crippen LogP contribution in [0.2, 0.25) is 0 Å². The van der Waals surface area contributed by atoms with E-state index in [9.17, 15) is 14.4 Å². The standard InChI is InChI=1S/C20H23N3O4/c1-12-9-17(24)23-18(21-12)13-5-4-8-16(11-13)22-19(25)14-6-3-7-15(10-14)20(26)27-2/h4-5,8-9,11,14-15H,3,6-7,10H2,1-2H3,(H,22,25)(H,21,23,24)/t14-,15-/m0/s1. The van der Waals surface area contributed by atoms with E-state index in [4.69, 9.17) is 4.74 Å². The summed E-state index contributed by atoms with van der Waals surface area (Å²) in [5, 5.41) is 2.92. The third-order valence-electron chi connectivity index (χ3n) is 4.85. The van der Waals surface area contributed by atoms with Crippen LogP contribution in [0.15, 0.2) is 35.1 Å². The molecule has 2 atom stereocenters. The van der Waals surface area contributed by atoms with Crippen LogP contribution in [-0.2, 0) is 14.3 Å². The van der Waals surface area contributed by atoms with E-state index in [-0.39, 0.29) is 29.3 Å². The number of nitrogens with zero attached hydrogens (tertiary/aromatic N) is 1. The fourth-order valence-electron chi connectivity index (χ4n) is 3.51. The summed E-state index contributed by atoms with van der Waals surface area (Å²) in [6.07, 6.45) is 2.85. The number of esters is 1. The molecule has 142 valence electrons. The van der Waals surface area contributed by atoms with E-state index in [0.717, 1.165) is 19.3 Å². The second kappa shape index (κ2) is 8.16. The lowest BCUT2D eigenvalue weighted by molar-refractivity contribution is -0.147. The number of rotatable bonds is 4. The Kier molecular flexibility index (Phi) is 5.69. The van der Waals surface area contributed by atoms with Gasteiger partial charge in [0.05, 0.1) is 13.0 Å². The largest absolute Gasteiger partial charge is 0.469 e. The molecule has 2 N–H and O–H groups in total. The molecule has 1 aliphatic carbocycles. The molecule has 3 rings (SSSR count). The molecule has 0 spiro atoms. The zero-order chi connectivity index (χ0) is 19.4. The number of amides is 1. The van der Waals surface area contributed by atoms with E-state index >= 15 is 0 Å². The van der Waals surface area contributed by atoms with Gasteiger partial charge in [-0.1, -0.05) is 18.6 Å². The summed E-state index contributed by atoms with van der Waals surface area (Å²) in [5.74, 6) is -0.328. The van der Waals surface area contributed by atoms with Crippen molar-refractivity contribution in [3.63, 3.8) is 0 Å². The van der Waals surface area contributed by atoms with Gasteiger partial charge in [-0.3, -0.25) is 14.4 Å². The van der Waals surface area contributed by atoms with Gasteiger partial charge in [-0.15, -0.1) is 0 Å². The van der Waals surface area contributed by atoms with Crippen molar-refractivity contribution in [1.82, 2.24) is 9.97 Å². The summed E-state index contributed by atoms with van der Waals surface area (Å²) < 4.78 is 4.81. The summed E-state index contributed by atoms with van der Waals surface area (Å²) in [6, 6.07) is 8.61. The van der Waals surface area contributed by atoms with Gasteiger partial charge in [0, 0.05) is 28.9 Å². The first kappa shape index (κ1) is 18.8. The Morgan fingerprint density at radius 3 is 2.74 bits per heavy atom. The van der Waals surface area contributed by atoms with E-state index in [0.29, 0.717) is 29.2 Å². The van der Waals surface area contributed by atoms with Gasteiger partial charge in [-0.05, 0) is 38.3 Å². The van der Waals surface area contributed by atoms with E-state index in [1.54, 1.807) is 25.1 Å². The number of aromatic nitrogens is 2. The number of anilines is 1. The maximum Gasteiger partial charge on any atom is 0.308 e. The van der Waals surface area contributed by atoms with Crippen LogP contribution in [0.3, 0.4) is 0 Å². The van der Waals surface area contributed by atoms with Crippen LogP contribution in [0.5, 0.6) is 0 Å². The Balaban J connectivity index is 1.73. The number of nitrogens with one attached hydrogen (secondary N) is 2. The molecule has 1 amide bonds. The summed E-state index contributed by atoms with van der Waals surface area (Å²) >= 11 is 0. The minimum absolute atomic E-state index is 0.105. The highest BCUT2D eigenvalue weighted by Gasteiger charge is 2.31. The molecule has 0 saturated heterocycles. The van der Waals surface area contributed by atoms with Crippen LogP contribution < -0.4 is 10.9 Å². The second-order valence-electron chi connectivity index (χ2n) is 6.89. The SMILES string of the molecule is COC(=O)[C@H]1CCC[C@H](C(=O)Nc2cccc(-c3nc(C)cc(=O)[nH]3)c2)C1. The van der Waals surface area contributed by atoms with E-state index in [2.05, 4.69) is 15.3 Å². The molecule has 1 aromatic carbocycles. The molecule has 0 radical (unpaired) electrons. The van der Waals surface area contributed by atoms with Gasteiger partial charge in [-0.2, -0.15) is 0 Å². The summed E-state index contributed by atoms with van der Waals surface area (Å²) in [7, 11) is 1.38. The highest BCUT2D eigenvalue weighted by atomic mass is 16.5. The number of methoxy groups -OCH3 is 1. The smallest absolute Gasteiger partial charge is 0.308 e. The topological polar surface area (TPSA) is 101 Å². The number of benzene rings is 1. The van der Waals surface area contributed by atoms with Crippen molar-refractivity contribution >= 4 is 17.6 Å². The molecule has 1 heterocycles. The average Bonchev–Trinajstić information content (AvgIpc) is 2.67. The first-order valence-corrected chi connectivity index (χ1v) is 9.03. The monoisotopic (exact) mass is 369 g/mol. The molecular formula is C20H23N3O4. The molecule has 7 heteroatoms. The average molecular weight is 369 g/mol. The number of carbonyl (C=O) groups excluding carboxylic acids is 2. The molecule has 1 saturated carbocycles. The highest BCUT2D eigenvalue weighted by Crippen LogP contribution is 2.31. The number of H-pyrrole nitrogens is 1. The lowest BCUT2D eigenvalue weighted by Crippen LogP contribution is -2.31. The molecule has 0 bridgehead atoms. The fraction of sp³-hybridized carbons (Fsp3) is 0.400. The molecule has 1 aliphatic rings. The van der Waals surface area contributed by atoms with Crippen LogP contribution in [0.4, 0.5) is 5.69 Å². The Hall–Kier alpha value is -2.96. The first-order chi connectivity index (χ1) is 13.0. The first-order valence-electron chi connectivity index (χ1n) is 9.03. The number of aromatic amines is 1. The van der Waals surface area contributed by atoms with Gasteiger partial charge in [0.2, 0.25) is 5.91 Å². The van der Waals surface area contributed by atoms with Crippen molar-refractivity contribution in [2.45, 2.75) is 32.6 Å². The molecular weight excluding hydrogens is 346 g/mol. The second-order valence-corrected chi connectivity index (χ2v) is 6.89. The van der Waals surface area contributed by atoms with Crippen LogP contribution in [0, 0.1) is 18.8 Å². The molecule has 7 nitrogen and oxygen atoms in total. The number of carbonyl (C=O) groups is 2. The van der Waals surface area contributed by atoms with Crippen molar-refractivity contribution in [3.05, 3.63) is 46.4 Å². The molecule has 1 aromatic heterocycles. The number of hydrogen-bond acceptors (Lipinski definition) is 5. The maximum atomic E-state index is 12.6. The predicted octanol–water partition coefficient (Wildman–Crippen LogP) is 2.66. The number of hydrogen-bond donors (Lipinski definition) is 2. The van der Waals surface area contributed by atoms with E-state index in [1.807, 2.05) is 6.07 Å². The minimum Gasteiger partial charge on any atom is -0.469 e. The predicted molar refractivity (Wildman–Crippen MR) is 101 cm³/mol. The molecule has 27 heavy (non-hydrogen) atoms. The number of ether oxygens (including phenoxy) is 1. The highest BCUT2D eigenvalue weighted by molar-refractivity contribution is 5.93. The minimum atomic E-state index is -0.246. The van der Waals surface area contributed by atoms with E-state index in [1.165, 1.54) is 13.2 Å². The maximum absolute atomic E-state index is 12.6. The molecule has 0 unspecified atom stereocenters. The van der Waals surface area contributed by atoms with Gasteiger partial charge >= 0.3 is 5.97 Å². The summed E-state index contributed by atoms with van der Waals surface area (Å²) in [5.41, 5.74) is 1.74. The molecule has 0 aliphatic heterocycles. The Bertz CT molecular complexity index is 906.